The van der Waals surface area contributed by atoms with Crippen LogP contribution in [0, 0.1) is 0 Å². The van der Waals surface area contributed by atoms with E-state index < -0.39 is 7.60 Å². The largest absolute Gasteiger partial charge is 0.372 e. The van der Waals surface area contributed by atoms with E-state index in [1.165, 1.54) is 6.08 Å². The summed E-state index contributed by atoms with van der Waals surface area (Å²) in [7, 11) is -4.12. The van der Waals surface area contributed by atoms with Gasteiger partial charge in [-0.2, -0.15) is 0 Å². The number of carbonyl (C=O) groups is 1. The first-order chi connectivity index (χ1) is 12.3. The molecule has 6 heteroatoms. The third-order valence-electron chi connectivity index (χ3n) is 3.51. The SMILES string of the molecule is CC(=CC=CP(=O)(O)O)COCc1ccc(C(=O)c2ccccc2)cc1. The Balaban J connectivity index is 1.86. The van der Waals surface area contributed by atoms with Crippen molar-refractivity contribution in [3.05, 3.63) is 94.8 Å². The van der Waals surface area contributed by atoms with Gasteiger partial charge in [0.25, 0.3) is 0 Å². The Hall–Kier alpha value is -2.30. The number of hydrogen-bond acceptors (Lipinski definition) is 3. The molecule has 0 heterocycles. The van der Waals surface area contributed by atoms with Crippen molar-refractivity contribution in [1.82, 2.24) is 0 Å². The summed E-state index contributed by atoms with van der Waals surface area (Å²) in [5.41, 5.74) is 3.05. The Bertz CT molecular complexity index is 832. The molecule has 0 saturated carbocycles. The van der Waals surface area contributed by atoms with Gasteiger partial charge in [0.2, 0.25) is 0 Å². The molecule has 0 saturated heterocycles. The van der Waals surface area contributed by atoms with Gasteiger partial charge in [0.1, 0.15) is 0 Å². The third-order valence-corrected chi connectivity index (χ3v) is 4.07. The molecule has 2 aromatic carbocycles. The number of allylic oxidation sites excluding steroid dienone is 2. The molecule has 0 radical (unpaired) electrons. The molecule has 2 N–H and O–H groups in total. The number of ketones is 1. The zero-order chi connectivity index (χ0) is 19.0. The van der Waals surface area contributed by atoms with E-state index in [-0.39, 0.29) is 5.78 Å². The zero-order valence-corrected chi connectivity index (χ0v) is 15.3. The van der Waals surface area contributed by atoms with Crippen LogP contribution >= 0.6 is 7.60 Å². The maximum Gasteiger partial charge on any atom is 0.349 e. The van der Waals surface area contributed by atoms with E-state index in [2.05, 4.69) is 0 Å². The monoisotopic (exact) mass is 372 g/mol. The van der Waals surface area contributed by atoms with Gasteiger partial charge < -0.3 is 14.5 Å². The highest BCUT2D eigenvalue weighted by Gasteiger charge is 2.08. The lowest BCUT2D eigenvalue weighted by molar-refractivity contribution is 0.103. The number of carbonyl (C=O) groups excluding carboxylic acids is 1. The van der Waals surface area contributed by atoms with Crippen molar-refractivity contribution < 1.29 is 23.9 Å². The summed E-state index contributed by atoms with van der Waals surface area (Å²) in [5, 5.41) is 0. The molecule has 0 atom stereocenters. The van der Waals surface area contributed by atoms with E-state index >= 15 is 0 Å². The Labute approximate surface area is 152 Å². The number of benzene rings is 2. The van der Waals surface area contributed by atoms with Crippen molar-refractivity contribution in [2.75, 3.05) is 6.61 Å². The smallest absolute Gasteiger partial charge is 0.349 e. The molecular weight excluding hydrogens is 351 g/mol. The van der Waals surface area contributed by atoms with Gasteiger partial charge in [0, 0.05) is 16.9 Å². The Morgan fingerprint density at radius 1 is 1.04 bits per heavy atom. The van der Waals surface area contributed by atoms with Crippen LogP contribution in [0.4, 0.5) is 0 Å². The van der Waals surface area contributed by atoms with Gasteiger partial charge in [-0.1, -0.05) is 66.7 Å². The van der Waals surface area contributed by atoms with Crippen molar-refractivity contribution >= 4 is 13.4 Å². The first-order valence-corrected chi connectivity index (χ1v) is 9.70. The highest BCUT2D eigenvalue weighted by Crippen LogP contribution is 2.35. The maximum atomic E-state index is 12.3. The van der Waals surface area contributed by atoms with Crippen LogP contribution in [0.3, 0.4) is 0 Å². The second-order valence-electron chi connectivity index (χ2n) is 5.83. The molecule has 5 nitrogen and oxygen atoms in total. The van der Waals surface area contributed by atoms with E-state index in [9.17, 15) is 9.36 Å². The molecule has 0 aliphatic carbocycles. The van der Waals surface area contributed by atoms with Gasteiger partial charge in [0.05, 0.1) is 13.2 Å². The summed E-state index contributed by atoms with van der Waals surface area (Å²) >= 11 is 0. The minimum absolute atomic E-state index is 0.0197. The quantitative estimate of drug-likeness (QED) is 0.415. The van der Waals surface area contributed by atoms with E-state index in [1.54, 1.807) is 30.3 Å². The van der Waals surface area contributed by atoms with E-state index in [0.717, 1.165) is 17.0 Å². The van der Waals surface area contributed by atoms with E-state index in [4.69, 9.17) is 14.5 Å². The number of ether oxygens (including phenoxy) is 1. The first kappa shape index (κ1) is 20.0. The fourth-order valence-corrected chi connectivity index (χ4v) is 2.52. The van der Waals surface area contributed by atoms with E-state index in [1.807, 2.05) is 37.3 Å². The van der Waals surface area contributed by atoms with Crippen LogP contribution in [-0.4, -0.2) is 22.2 Å². The normalized spacial score (nSPS) is 12.5. The first-order valence-electron chi connectivity index (χ1n) is 8.02. The van der Waals surface area contributed by atoms with Crippen molar-refractivity contribution in [2.45, 2.75) is 13.5 Å². The van der Waals surface area contributed by atoms with Gasteiger partial charge in [-0.25, -0.2) is 0 Å². The molecule has 0 aromatic heterocycles. The maximum absolute atomic E-state index is 12.3. The van der Waals surface area contributed by atoms with Crippen molar-refractivity contribution in [1.29, 1.82) is 0 Å². The van der Waals surface area contributed by atoms with Crippen LogP contribution < -0.4 is 0 Å². The minimum atomic E-state index is -4.12. The van der Waals surface area contributed by atoms with Crippen LogP contribution in [0.2, 0.25) is 0 Å². The summed E-state index contributed by atoms with van der Waals surface area (Å²) in [6.45, 7) is 2.54. The molecule has 0 fully saturated rings. The third kappa shape index (κ3) is 6.90. The highest BCUT2D eigenvalue weighted by atomic mass is 31.2. The predicted molar refractivity (Wildman–Crippen MR) is 101 cm³/mol. The number of rotatable bonds is 8. The molecule has 0 spiro atoms. The molecule has 0 bridgehead atoms. The summed E-state index contributed by atoms with van der Waals surface area (Å²) < 4.78 is 16.3. The molecular formula is C20H21O5P. The summed E-state index contributed by atoms with van der Waals surface area (Å²) in [6.07, 6.45) is 2.92. The molecule has 2 rings (SSSR count). The standard InChI is InChI=1S/C20H21O5P/c1-16(6-5-13-26(22,23)24)14-25-15-17-9-11-19(12-10-17)20(21)18-7-3-2-4-8-18/h2-13H,14-15H2,1H3,(H2,22,23,24). The average molecular weight is 372 g/mol. The van der Waals surface area contributed by atoms with Gasteiger partial charge in [-0.3, -0.25) is 9.36 Å². The Morgan fingerprint density at radius 3 is 2.27 bits per heavy atom. The van der Waals surface area contributed by atoms with E-state index in [0.29, 0.717) is 24.3 Å². The minimum Gasteiger partial charge on any atom is -0.372 e. The van der Waals surface area contributed by atoms with Crippen LogP contribution in [0.5, 0.6) is 0 Å². The average Bonchev–Trinajstić information content (AvgIpc) is 2.61. The molecule has 136 valence electrons. The highest BCUT2D eigenvalue weighted by molar-refractivity contribution is 7.55. The van der Waals surface area contributed by atoms with Crippen LogP contribution in [0.15, 0.2) is 78.1 Å². The number of hydrogen-bond donors (Lipinski definition) is 2. The summed E-state index contributed by atoms with van der Waals surface area (Å²) in [6, 6.07) is 16.4. The van der Waals surface area contributed by atoms with Gasteiger partial charge in [-0.15, -0.1) is 0 Å². The second kappa shape index (κ2) is 9.41. The fourth-order valence-electron chi connectivity index (χ4n) is 2.21. The summed E-state index contributed by atoms with van der Waals surface area (Å²) in [4.78, 5) is 29.8. The lowest BCUT2D eigenvalue weighted by Crippen LogP contribution is -2.02. The second-order valence-corrected chi connectivity index (χ2v) is 7.30. The summed E-state index contributed by atoms with van der Waals surface area (Å²) in [5.74, 6) is 0.826. The van der Waals surface area contributed by atoms with Crippen molar-refractivity contribution in [3.63, 3.8) is 0 Å². The molecule has 0 aliphatic rings. The Morgan fingerprint density at radius 2 is 1.65 bits per heavy atom. The van der Waals surface area contributed by atoms with Crippen LogP contribution in [-0.2, 0) is 15.9 Å². The molecule has 0 unspecified atom stereocenters. The Kier molecular flexibility index (Phi) is 7.25. The lowest BCUT2D eigenvalue weighted by atomic mass is 10.0. The lowest BCUT2D eigenvalue weighted by Gasteiger charge is -2.06. The zero-order valence-electron chi connectivity index (χ0n) is 14.4. The van der Waals surface area contributed by atoms with Crippen LogP contribution in [0.25, 0.3) is 0 Å². The molecule has 2 aromatic rings. The van der Waals surface area contributed by atoms with Gasteiger partial charge >= 0.3 is 7.60 Å². The molecule has 0 amide bonds. The van der Waals surface area contributed by atoms with Gasteiger partial charge in [-0.05, 0) is 18.1 Å². The molecule has 0 aliphatic heterocycles. The fraction of sp³-hybridized carbons (Fsp3) is 0.150. The predicted octanol–water partition coefficient (Wildman–Crippen LogP) is 4.07. The van der Waals surface area contributed by atoms with Crippen molar-refractivity contribution in [3.8, 4) is 0 Å². The molecule has 26 heavy (non-hydrogen) atoms. The van der Waals surface area contributed by atoms with Crippen LogP contribution in [0.1, 0.15) is 28.4 Å². The van der Waals surface area contributed by atoms with Crippen molar-refractivity contribution in [2.24, 2.45) is 0 Å². The topological polar surface area (TPSA) is 83.8 Å². The van der Waals surface area contributed by atoms with Gasteiger partial charge in [0.15, 0.2) is 5.78 Å².